The van der Waals surface area contributed by atoms with E-state index in [0.717, 1.165) is 38.5 Å². The molecule has 19 heavy (non-hydrogen) atoms. The van der Waals surface area contributed by atoms with E-state index in [2.05, 4.69) is 0 Å². The molecule has 1 saturated heterocycles. The lowest BCUT2D eigenvalue weighted by Gasteiger charge is -2.32. The Hall–Kier alpha value is -0.620. The Labute approximate surface area is 115 Å². The number of sulfonamides is 1. The molecule has 0 bridgehead atoms. The molecule has 1 saturated carbocycles. The van der Waals surface area contributed by atoms with Gasteiger partial charge in [-0.2, -0.15) is 0 Å². The van der Waals surface area contributed by atoms with Gasteiger partial charge in [-0.3, -0.25) is 4.79 Å². The van der Waals surface area contributed by atoms with Gasteiger partial charge in [0.15, 0.2) is 0 Å². The van der Waals surface area contributed by atoms with E-state index < -0.39 is 10.0 Å². The van der Waals surface area contributed by atoms with Gasteiger partial charge < -0.3 is 5.73 Å². The van der Waals surface area contributed by atoms with Gasteiger partial charge >= 0.3 is 0 Å². The number of rotatable bonds is 5. The van der Waals surface area contributed by atoms with Gasteiger partial charge in [-0.05, 0) is 37.5 Å². The number of piperidine rings is 1. The second-order valence-corrected chi connectivity index (χ2v) is 7.98. The van der Waals surface area contributed by atoms with Crippen molar-refractivity contribution in [3.63, 3.8) is 0 Å². The van der Waals surface area contributed by atoms with Crippen molar-refractivity contribution in [1.82, 2.24) is 4.31 Å². The molecule has 0 radical (unpaired) electrons. The molecule has 0 aromatic carbocycles. The molecular weight excluding hydrogens is 264 g/mol. The van der Waals surface area contributed by atoms with E-state index >= 15 is 0 Å². The predicted octanol–water partition coefficient (Wildman–Crippen LogP) is 1.09. The Bertz CT molecular complexity index is 416. The van der Waals surface area contributed by atoms with Crippen molar-refractivity contribution in [2.75, 3.05) is 18.8 Å². The van der Waals surface area contributed by atoms with Crippen molar-refractivity contribution in [2.45, 2.75) is 44.9 Å². The molecule has 2 fully saturated rings. The van der Waals surface area contributed by atoms with Crippen LogP contribution in [0.1, 0.15) is 44.9 Å². The summed E-state index contributed by atoms with van der Waals surface area (Å²) in [5.41, 5.74) is 5.20. The van der Waals surface area contributed by atoms with Gasteiger partial charge in [-0.25, -0.2) is 12.7 Å². The van der Waals surface area contributed by atoms with E-state index in [-0.39, 0.29) is 17.6 Å². The average Bonchev–Trinajstić information content (AvgIpc) is 2.80. The summed E-state index contributed by atoms with van der Waals surface area (Å²) in [6, 6.07) is 0. The number of carbonyl (C=O) groups is 1. The molecule has 1 aliphatic carbocycles. The Kier molecular flexibility index (Phi) is 4.84. The van der Waals surface area contributed by atoms with Gasteiger partial charge in [0.2, 0.25) is 15.9 Å². The van der Waals surface area contributed by atoms with Crippen molar-refractivity contribution in [3.05, 3.63) is 0 Å². The van der Waals surface area contributed by atoms with Gasteiger partial charge in [0.25, 0.3) is 0 Å². The summed E-state index contributed by atoms with van der Waals surface area (Å²) in [4.78, 5) is 11.0. The SMILES string of the molecule is NC(=O)C[C@H]1CCCN(S(=O)(=O)CC2CCCC2)C1. The van der Waals surface area contributed by atoms with E-state index in [1.807, 2.05) is 0 Å². The second kappa shape index (κ2) is 6.22. The fraction of sp³-hybridized carbons (Fsp3) is 0.923. The van der Waals surface area contributed by atoms with E-state index in [1.165, 1.54) is 0 Å². The van der Waals surface area contributed by atoms with Crippen molar-refractivity contribution in [2.24, 2.45) is 17.6 Å². The molecule has 1 aliphatic heterocycles. The first-order valence-corrected chi connectivity index (χ1v) is 8.84. The first kappa shape index (κ1) is 14.8. The normalized spacial score (nSPS) is 26.6. The summed E-state index contributed by atoms with van der Waals surface area (Å²) in [5.74, 6) is 0.391. The van der Waals surface area contributed by atoms with Crippen molar-refractivity contribution in [3.8, 4) is 0 Å². The quantitative estimate of drug-likeness (QED) is 0.822. The maximum absolute atomic E-state index is 12.4. The third-order valence-electron chi connectivity index (χ3n) is 4.29. The molecule has 6 heteroatoms. The lowest BCUT2D eigenvalue weighted by molar-refractivity contribution is -0.119. The minimum Gasteiger partial charge on any atom is -0.370 e. The van der Waals surface area contributed by atoms with Crippen LogP contribution < -0.4 is 5.73 Å². The Morgan fingerprint density at radius 1 is 1.11 bits per heavy atom. The molecule has 1 atom stereocenters. The standard InChI is InChI=1S/C13H24N2O3S/c14-13(16)8-12-6-3-7-15(9-12)19(17,18)10-11-4-1-2-5-11/h11-12H,1-10H2,(H2,14,16)/t12-/m1/s1. The third-order valence-corrected chi connectivity index (χ3v) is 6.30. The molecule has 110 valence electrons. The summed E-state index contributed by atoms with van der Waals surface area (Å²) in [6.07, 6.45) is 6.43. The van der Waals surface area contributed by atoms with Crippen LogP contribution in [0.5, 0.6) is 0 Å². The molecule has 0 unspecified atom stereocenters. The minimum atomic E-state index is -3.15. The Morgan fingerprint density at radius 3 is 2.37 bits per heavy atom. The fourth-order valence-electron chi connectivity index (χ4n) is 3.31. The smallest absolute Gasteiger partial charge is 0.217 e. The number of nitrogens with two attached hydrogens (primary N) is 1. The van der Waals surface area contributed by atoms with Crippen LogP contribution >= 0.6 is 0 Å². The first-order chi connectivity index (χ1) is 8.97. The molecule has 0 spiro atoms. The number of nitrogens with zero attached hydrogens (tertiary/aromatic N) is 1. The van der Waals surface area contributed by atoms with Gasteiger partial charge in [-0.15, -0.1) is 0 Å². The van der Waals surface area contributed by atoms with Crippen LogP contribution in [0.2, 0.25) is 0 Å². The molecule has 2 aliphatic rings. The highest BCUT2D eigenvalue weighted by Gasteiger charge is 2.32. The van der Waals surface area contributed by atoms with Crippen LogP contribution in [-0.4, -0.2) is 37.5 Å². The summed E-state index contributed by atoms with van der Waals surface area (Å²) < 4.78 is 26.4. The first-order valence-electron chi connectivity index (χ1n) is 7.23. The van der Waals surface area contributed by atoms with Crippen molar-refractivity contribution in [1.29, 1.82) is 0 Å². The summed E-state index contributed by atoms with van der Waals surface area (Å²) in [6.45, 7) is 1.07. The molecule has 0 aromatic rings. The largest absolute Gasteiger partial charge is 0.370 e. The van der Waals surface area contributed by atoms with Crippen LogP contribution in [0, 0.1) is 11.8 Å². The van der Waals surface area contributed by atoms with Gasteiger partial charge in [0.1, 0.15) is 0 Å². The van der Waals surface area contributed by atoms with Crippen molar-refractivity contribution < 1.29 is 13.2 Å². The Balaban J connectivity index is 1.93. The molecule has 2 rings (SSSR count). The highest BCUT2D eigenvalue weighted by Crippen LogP contribution is 2.28. The number of hydrogen-bond acceptors (Lipinski definition) is 3. The van der Waals surface area contributed by atoms with Crippen molar-refractivity contribution >= 4 is 15.9 Å². The minimum absolute atomic E-state index is 0.101. The summed E-state index contributed by atoms with van der Waals surface area (Å²) >= 11 is 0. The highest BCUT2D eigenvalue weighted by atomic mass is 32.2. The topological polar surface area (TPSA) is 80.5 Å². The van der Waals surface area contributed by atoms with E-state index in [9.17, 15) is 13.2 Å². The molecule has 1 amide bonds. The molecule has 0 aromatic heterocycles. The molecule has 2 N–H and O–H groups in total. The lowest BCUT2D eigenvalue weighted by Crippen LogP contribution is -2.42. The van der Waals surface area contributed by atoms with E-state index in [1.54, 1.807) is 4.31 Å². The average molecular weight is 288 g/mol. The second-order valence-electron chi connectivity index (χ2n) is 5.97. The summed E-state index contributed by atoms with van der Waals surface area (Å²) in [7, 11) is -3.15. The zero-order chi connectivity index (χ0) is 13.9. The lowest BCUT2D eigenvalue weighted by atomic mass is 9.96. The van der Waals surface area contributed by atoms with Gasteiger partial charge in [-0.1, -0.05) is 12.8 Å². The van der Waals surface area contributed by atoms with Crippen LogP contribution in [0.15, 0.2) is 0 Å². The fourth-order valence-corrected chi connectivity index (χ4v) is 5.30. The van der Waals surface area contributed by atoms with Crippen LogP contribution in [0.3, 0.4) is 0 Å². The number of carbonyl (C=O) groups excluding carboxylic acids is 1. The Morgan fingerprint density at radius 2 is 1.74 bits per heavy atom. The van der Waals surface area contributed by atoms with Crippen LogP contribution in [0.25, 0.3) is 0 Å². The van der Waals surface area contributed by atoms with Crippen LogP contribution in [-0.2, 0) is 14.8 Å². The summed E-state index contributed by atoms with van der Waals surface area (Å²) in [5, 5.41) is 0. The number of hydrogen-bond donors (Lipinski definition) is 1. The zero-order valence-corrected chi connectivity index (χ0v) is 12.2. The highest BCUT2D eigenvalue weighted by molar-refractivity contribution is 7.89. The van der Waals surface area contributed by atoms with Gasteiger partial charge in [0, 0.05) is 19.5 Å². The maximum Gasteiger partial charge on any atom is 0.217 e. The zero-order valence-electron chi connectivity index (χ0n) is 11.4. The molecule has 1 heterocycles. The van der Waals surface area contributed by atoms with E-state index in [0.29, 0.717) is 25.4 Å². The van der Waals surface area contributed by atoms with Gasteiger partial charge in [0.05, 0.1) is 5.75 Å². The maximum atomic E-state index is 12.4. The number of amides is 1. The molecular formula is C13H24N2O3S. The monoisotopic (exact) mass is 288 g/mol. The molecule has 5 nitrogen and oxygen atoms in total. The van der Waals surface area contributed by atoms with Crippen LogP contribution in [0.4, 0.5) is 0 Å². The third kappa shape index (κ3) is 4.18. The number of primary amides is 1. The predicted molar refractivity (Wildman–Crippen MR) is 73.9 cm³/mol. The van der Waals surface area contributed by atoms with E-state index in [4.69, 9.17) is 5.73 Å².